The van der Waals surface area contributed by atoms with Gasteiger partial charge in [-0.1, -0.05) is 13.7 Å². The lowest BCUT2D eigenvalue weighted by atomic mass is 9.85. The van der Waals surface area contributed by atoms with Crippen LogP contribution in [0.15, 0.2) is 12.3 Å². The highest BCUT2D eigenvalue weighted by Crippen LogP contribution is 2.36. The van der Waals surface area contributed by atoms with Gasteiger partial charge in [-0.3, -0.25) is 9.97 Å². The Morgan fingerprint density at radius 1 is 1.37 bits per heavy atom. The Labute approximate surface area is 131 Å². The minimum Gasteiger partial charge on any atom is -0.398 e. The molecular weight excluding hydrogens is 239 g/mol. The van der Waals surface area contributed by atoms with Crippen molar-refractivity contribution >= 4 is 12.7 Å². The molecule has 0 N–H and O–H groups in total. The van der Waals surface area contributed by atoms with Gasteiger partial charge in [0.05, 0.1) is 25.2 Å². The molecule has 0 saturated carbocycles. The van der Waals surface area contributed by atoms with Crippen molar-refractivity contribution in [3.8, 4) is 0 Å². The predicted molar refractivity (Wildman–Crippen MR) is 76.5 cm³/mol. The van der Waals surface area contributed by atoms with E-state index >= 15 is 0 Å². The summed E-state index contributed by atoms with van der Waals surface area (Å²) in [5, 5.41) is 0. The minimum absolute atomic E-state index is 0.260. The zero-order chi connectivity index (χ0) is 23.7. The van der Waals surface area contributed by atoms with E-state index in [2.05, 4.69) is 9.97 Å². The molecule has 0 spiro atoms. The molecule has 5 heteroatoms. The minimum atomic E-state index is -3.63. The Kier molecular flexibility index (Phi) is 1.49. The third kappa shape index (κ3) is 2.67. The van der Waals surface area contributed by atoms with E-state index in [9.17, 15) is 0 Å². The van der Waals surface area contributed by atoms with E-state index < -0.39 is 62.3 Å². The molecule has 0 radical (unpaired) electrons. The molecule has 2 heterocycles. The fourth-order valence-electron chi connectivity index (χ4n) is 1.51. The van der Waals surface area contributed by atoms with Crippen LogP contribution in [0.1, 0.15) is 74.4 Å². The van der Waals surface area contributed by atoms with Crippen LogP contribution in [-0.2, 0) is 9.31 Å². The van der Waals surface area contributed by atoms with Crippen LogP contribution in [0.4, 0.5) is 0 Å². The Morgan fingerprint density at radius 2 is 2.05 bits per heavy atom. The topological polar surface area (TPSA) is 44.2 Å². The van der Waals surface area contributed by atoms with E-state index in [0.29, 0.717) is 0 Å². The smallest absolute Gasteiger partial charge is 0.398 e. The van der Waals surface area contributed by atoms with Crippen molar-refractivity contribution in [3.05, 3.63) is 18.0 Å². The third-order valence-corrected chi connectivity index (χ3v) is 3.40. The van der Waals surface area contributed by atoms with Crippen molar-refractivity contribution in [1.29, 1.82) is 0 Å². The Bertz CT molecular complexity index is 824. The van der Waals surface area contributed by atoms with Crippen molar-refractivity contribution in [2.75, 3.05) is 0 Å². The number of aromatic nitrogens is 2. The molecule has 1 atom stereocenters. The summed E-state index contributed by atoms with van der Waals surface area (Å²) in [7, 11) is -1.21. The van der Waals surface area contributed by atoms with Gasteiger partial charge in [0.25, 0.3) is 0 Å². The summed E-state index contributed by atoms with van der Waals surface area (Å²) < 4.78 is 97.0. The average molecular weight is 273 g/mol. The first-order chi connectivity index (χ1) is 13.1. The second-order valence-corrected chi connectivity index (χ2v) is 5.27. The van der Waals surface area contributed by atoms with Crippen molar-refractivity contribution in [2.45, 2.75) is 64.9 Å². The second-order valence-electron chi connectivity index (χ2n) is 5.27. The van der Waals surface area contributed by atoms with Gasteiger partial charge in [-0.25, -0.2) is 0 Å². The Hall–Kier alpha value is -0.935. The van der Waals surface area contributed by atoms with Crippen LogP contribution in [0.3, 0.4) is 0 Å². The van der Waals surface area contributed by atoms with E-state index in [1.54, 1.807) is 27.7 Å². The van der Waals surface area contributed by atoms with Gasteiger partial charge in [-0.2, -0.15) is 0 Å². The Morgan fingerprint density at radius 3 is 2.63 bits per heavy atom. The normalized spacial score (nSPS) is 34.7. The van der Waals surface area contributed by atoms with E-state index in [1.165, 1.54) is 0 Å². The molecule has 1 aromatic heterocycles. The van der Waals surface area contributed by atoms with Gasteiger partial charge in [0.1, 0.15) is 0 Å². The first-order valence-electron chi connectivity index (χ1n) is 11.3. The number of hydrogen-bond acceptors (Lipinski definition) is 4. The molecule has 19 heavy (non-hydrogen) atoms. The summed E-state index contributed by atoms with van der Waals surface area (Å²) in [4.78, 5) is 7.46. The highest BCUT2D eigenvalue weighted by molar-refractivity contribution is 6.61. The lowest BCUT2D eigenvalue weighted by Gasteiger charge is -2.32. The van der Waals surface area contributed by atoms with Crippen LogP contribution < -0.4 is 5.59 Å². The van der Waals surface area contributed by atoms with Crippen LogP contribution in [0.5, 0.6) is 0 Å². The molecule has 1 aliphatic rings. The lowest BCUT2D eigenvalue weighted by Crippen LogP contribution is -2.41. The highest BCUT2D eigenvalue weighted by Gasteiger charge is 2.52. The number of hydrogen-bond donors (Lipinski definition) is 0. The maximum Gasteiger partial charge on any atom is 0.516 e. The van der Waals surface area contributed by atoms with Gasteiger partial charge in [-0.15, -0.1) is 0 Å². The van der Waals surface area contributed by atoms with Crippen molar-refractivity contribution in [1.82, 2.24) is 9.97 Å². The van der Waals surface area contributed by atoms with Crippen LogP contribution in [0, 0.1) is 0 Å². The largest absolute Gasteiger partial charge is 0.516 e. The molecule has 104 valence electrons. The predicted octanol–water partition coefficient (Wildman–Crippen LogP) is 2.29. The molecule has 1 aromatic rings. The van der Waals surface area contributed by atoms with Gasteiger partial charge in [0.2, 0.25) is 0 Å². The van der Waals surface area contributed by atoms with Crippen molar-refractivity contribution < 1.29 is 24.4 Å². The molecule has 0 aliphatic carbocycles. The van der Waals surface area contributed by atoms with Gasteiger partial charge < -0.3 is 9.31 Å². The molecule has 1 saturated heterocycles. The van der Waals surface area contributed by atoms with Crippen LogP contribution in [0.2, 0.25) is 0 Å². The SMILES string of the molecule is [2H]c1nc(C([2H])(C([2H])([2H])[2H])C([2H])([2H])C([2H])([2H])[2H])c([2H])nc1B1OC(C)(C)C(C)(C)O1. The zero-order valence-corrected chi connectivity index (χ0v) is 11.3. The molecule has 1 unspecified atom stereocenters. The fraction of sp³-hybridized carbons (Fsp3) is 0.714. The first-order valence-corrected chi connectivity index (χ1v) is 5.81. The number of nitrogens with zero attached hydrogens (tertiary/aromatic N) is 2. The van der Waals surface area contributed by atoms with E-state index in [-0.39, 0.29) is 5.59 Å². The average Bonchev–Trinajstić information content (AvgIpc) is 2.73. The van der Waals surface area contributed by atoms with Gasteiger partial charge in [-0.05, 0) is 40.0 Å². The first kappa shape index (κ1) is 5.82. The van der Waals surface area contributed by atoms with Crippen molar-refractivity contribution in [2.24, 2.45) is 0 Å². The molecule has 1 aliphatic heterocycles. The summed E-state index contributed by atoms with van der Waals surface area (Å²) >= 11 is 0. The second kappa shape index (κ2) is 4.87. The van der Waals surface area contributed by atoms with Gasteiger partial charge in [0.15, 0.2) is 0 Å². The van der Waals surface area contributed by atoms with Crippen LogP contribution in [-0.4, -0.2) is 28.3 Å². The monoisotopic (exact) mass is 273 g/mol. The van der Waals surface area contributed by atoms with E-state index in [0.717, 1.165) is 0 Å². The standard InChI is InChI=1S/C14H23BN2O2/c1-7-10(2)11-8-17-12(9-16-11)15-18-13(3,4)14(5,6)19-15/h8-10H,7H2,1-6H3/i1D3,2D3,7D2,8D,9D,10D. The summed E-state index contributed by atoms with van der Waals surface area (Å²) in [6.45, 7) is -0.0804. The van der Waals surface area contributed by atoms with Gasteiger partial charge >= 0.3 is 7.12 Å². The summed E-state index contributed by atoms with van der Waals surface area (Å²) in [5.41, 5.74) is -2.94. The van der Waals surface area contributed by atoms with E-state index in [4.69, 9.17) is 24.4 Å². The zero-order valence-electron chi connectivity index (χ0n) is 22.3. The summed E-state index contributed by atoms with van der Waals surface area (Å²) in [6, 6.07) is 0. The fourth-order valence-corrected chi connectivity index (χ4v) is 1.51. The maximum atomic E-state index is 8.35. The molecule has 1 fully saturated rings. The Balaban J connectivity index is 2.68. The van der Waals surface area contributed by atoms with Crippen molar-refractivity contribution in [3.63, 3.8) is 0 Å². The lowest BCUT2D eigenvalue weighted by molar-refractivity contribution is 0.00578. The van der Waals surface area contributed by atoms with E-state index in [1.807, 2.05) is 0 Å². The highest BCUT2D eigenvalue weighted by atomic mass is 16.7. The molecule has 2 rings (SSSR count). The molecule has 0 aromatic carbocycles. The molecule has 0 amide bonds. The van der Waals surface area contributed by atoms with Crippen LogP contribution in [0.25, 0.3) is 0 Å². The van der Waals surface area contributed by atoms with Crippen LogP contribution >= 0.6 is 0 Å². The quantitative estimate of drug-likeness (QED) is 0.793. The molecular formula is C14H23BN2O2. The third-order valence-electron chi connectivity index (χ3n) is 3.40. The molecule has 0 bridgehead atoms. The number of rotatable bonds is 3. The summed E-state index contributed by atoms with van der Waals surface area (Å²) in [6.07, 6.45) is -5.29. The maximum absolute atomic E-state index is 8.35. The summed E-state index contributed by atoms with van der Waals surface area (Å²) in [5.74, 6) is -3.49. The molecule has 4 nitrogen and oxygen atoms in total. The van der Waals surface area contributed by atoms with Gasteiger partial charge in [0, 0.05) is 24.7 Å².